The molecule has 70 valence electrons. The second kappa shape index (κ2) is 16.5. The maximum Gasteiger partial charge on any atom is 0.0700 e. The number of hydrogen-bond donors (Lipinski definition) is 1. The van der Waals surface area contributed by atoms with Crippen molar-refractivity contribution in [1.82, 2.24) is 5.32 Å². The fourth-order valence-electron chi connectivity index (χ4n) is 0.407. The van der Waals surface area contributed by atoms with Gasteiger partial charge in [0.1, 0.15) is 0 Å². The van der Waals surface area contributed by atoms with Crippen LogP contribution >= 0.6 is 0 Å². The molecule has 0 aromatic rings. The summed E-state index contributed by atoms with van der Waals surface area (Å²) in [5.74, 6) is 0. The second-order valence-electron chi connectivity index (χ2n) is 1.89. The summed E-state index contributed by atoms with van der Waals surface area (Å²) in [5.41, 5.74) is 0. The molecule has 0 aliphatic rings. The van der Waals surface area contributed by atoms with Gasteiger partial charge in [0.15, 0.2) is 0 Å². The minimum atomic E-state index is 0.727. The van der Waals surface area contributed by atoms with E-state index < -0.39 is 0 Å². The van der Waals surface area contributed by atoms with Crippen LogP contribution in [-0.4, -0.2) is 40.5 Å². The van der Waals surface area contributed by atoms with Gasteiger partial charge in [0, 0.05) is 13.2 Å². The van der Waals surface area contributed by atoms with Crippen molar-refractivity contribution in [1.29, 1.82) is 0 Å². The van der Waals surface area contributed by atoms with Crippen LogP contribution in [0.2, 0.25) is 0 Å². The highest BCUT2D eigenvalue weighted by Gasteiger charge is 1.81. The summed E-state index contributed by atoms with van der Waals surface area (Å²) >= 11 is 0. The predicted octanol–water partition coefficient (Wildman–Crippen LogP) is 0.895. The largest absolute Gasteiger partial charge is 0.379 e. The molecule has 0 saturated heterocycles. The molecule has 0 aliphatic heterocycles. The van der Waals surface area contributed by atoms with Gasteiger partial charge in [-0.05, 0) is 27.9 Å². The molecule has 0 radical (unpaired) electrons. The van der Waals surface area contributed by atoms with Crippen molar-refractivity contribution in [3.8, 4) is 0 Å². The van der Waals surface area contributed by atoms with Gasteiger partial charge in [0.2, 0.25) is 0 Å². The van der Waals surface area contributed by atoms with Gasteiger partial charge in [0.05, 0.1) is 13.2 Å². The first-order valence-electron chi connectivity index (χ1n) is 4.07. The summed E-state index contributed by atoms with van der Waals surface area (Å²) in [6.45, 7) is 6.98. The average Bonchev–Trinajstić information content (AvgIpc) is 2.00. The molecule has 3 nitrogen and oxygen atoms in total. The number of ether oxygens (including phenoxy) is 2. The maximum absolute atomic E-state index is 5.01. The summed E-state index contributed by atoms with van der Waals surface area (Å²) in [6, 6.07) is 0. The lowest BCUT2D eigenvalue weighted by Crippen LogP contribution is -2.02. The molecule has 0 bridgehead atoms. The van der Waals surface area contributed by atoms with Crippen LogP contribution in [0.4, 0.5) is 0 Å². The highest BCUT2D eigenvalue weighted by atomic mass is 16.5. The van der Waals surface area contributed by atoms with Crippen molar-refractivity contribution in [2.45, 2.75) is 13.8 Å². The molecule has 0 amide bonds. The Balaban J connectivity index is 0. The lowest BCUT2D eigenvalue weighted by molar-refractivity contribution is 0.0584. The Kier molecular flexibility index (Phi) is 20.2. The predicted molar refractivity (Wildman–Crippen MR) is 48.0 cm³/mol. The zero-order valence-electron chi connectivity index (χ0n) is 8.14. The van der Waals surface area contributed by atoms with Crippen LogP contribution in [0.1, 0.15) is 13.8 Å². The van der Waals surface area contributed by atoms with Gasteiger partial charge in [-0.15, -0.1) is 0 Å². The molecule has 0 fully saturated rings. The van der Waals surface area contributed by atoms with Crippen molar-refractivity contribution in [2.75, 3.05) is 40.5 Å². The normalized spacial score (nSPS) is 8.73. The average molecular weight is 163 g/mol. The van der Waals surface area contributed by atoms with Gasteiger partial charge in [-0.3, -0.25) is 0 Å². The molecule has 0 aliphatic carbocycles. The first-order valence-corrected chi connectivity index (χ1v) is 4.07. The minimum Gasteiger partial charge on any atom is -0.379 e. The van der Waals surface area contributed by atoms with Gasteiger partial charge in [-0.25, -0.2) is 0 Å². The van der Waals surface area contributed by atoms with Gasteiger partial charge in [-0.1, -0.05) is 0 Å². The molecule has 3 heteroatoms. The third kappa shape index (κ3) is 25.8. The van der Waals surface area contributed by atoms with Crippen molar-refractivity contribution in [2.24, 2.45) is 0 Å². The first kappa shape index (κ1) is 13.5. The second-order valence-corrected chi connectivity index (χ2v) is 1.89. The minimum absolute atomic E-state index is 0.727. The van der Waals surface area contributed by atoms with Gasteiger partial charge in [-0.2, -0.15) is 0 Å². The van der Waals surface area contributed by atoms with Crippen LogP contribution in [0, 0.1) is 0 Å². The smallest absolute Gasteiger partial charge is 0.0700 e. The van der Waals surface area contributed by atoms with Gasteiger partial charge >= 0.3 is 0 Å². The molecule has 0 unspecified atom stereocenters. The van der Waals surface area contributed by atoms with Crippen LogP contribution in [0.15, 0.2) is 0 Å². The van der Waals surface area contributed by atoms with Gasteiger partial charge in [0.25, 0.3) is 0 Å². The van der Waals surface area contributed by atoms with E-state index in [1.54, 1.807) is 0 Å². The van der Waals surface area contributed by atoms with E-state index >= 15 is 0 Å². The number of rotatable bonds is 5. The lowest BCUT2D eigenvalue weighted by atomic mass is 10.7. The molecule has 11 heavy (non-hydrogen) atoms. The van der Waals surface area contributed by atoms with E-state index in [9.17, 15) is 0 Å². The van der Waals surface area contributed by atoms with E-state index in [-0.39, 0.29) is 0 Å². The summed E-state index contributed by atoms with van der Waals surface area (Å²) in [5, 5.41) is 2.75. The highest BCUT2D eigenvalue weighted by molar-refractivity contribution is 4.24. The molecule has 0 rings (SSSR count). The van der Waals surface area contributed by atoms with Crippen LogP contribution in [0.25, 0.3) is 0 Å². The van der Waals surface area contributed by atoms with E-state index in [2.05, 4.69) is 5.32 Å². The summed E-state index contributed by atoms with van der Waals surface area (Å²) in [6.07, 6.45) is 0. The Bertz CT molecular complexity index is 45.4. The van der Waals surface area contributed by atoms with Crippen LogP contribution in [0.3, 0.4) is 0 Å². The van der Waals surface area contributed by atoms with Crippen molar-refractivity contribution in [3.05, 3.63) is 0 Å². The van der Waals surface area contributed by atoms with Crippen LogP contribution in [0.5, 0.6) is 0 Å². The molecule has 1 N–H and O–H groups in total. The first-order chi connectivity index (χ1) is 5.33. The third-order valence-electron chi connectivity index (χ3n) is 0.780. The quantitative estimate of drug-likeness (QED) is 0.611. The Morgan fingerprint density at radius 3 is 1.36 bits per heavy atom. The standard InChI is InChI=1S/C6H14O2.C2H7N/c1-3-7-5-6-8-4-2;1-3-2/h3-6H2,1-2H3;3H,1-2H3. The fourth-order valence-corrected chi connectivity index (χ4v) is 0.407. The Labute approximate surface area is 70.1 Å². The molecular weight excluding hydrogens is 142 g/mol. The van der Waals surface area contributed by atoms with E-state index in [4.69, 9.17) is 9.47 Å². The van der Waals surface area contributed by atoms with Crippen LogP contribution in [-0.2, 0) is 9.47 Å². The van der Waals surface area contributed by atoms with Crippen LogP contribution < -0.4 is 5.32 Å². The van der Waals surface area contributed by atoms with Gasteiger partial charge < -0.3 is 14.8 Å². The Hall–Kier alpha value is -0.120. The molecule has 0 spiro atoms. The molecule has 0 aromatic carbocycles. The molecule has 0 atom stereocenters. The van der Waals surface area contributed by atoms with E-state index in [0.717, 1.165) is 26.4 Å². The molecule has 0 aromatic heterocycles. The van der Waals surface area contributed by atoms with E-state index in [1.165, 1.54) is 0 Å². The lowest BCUT2D eigenvalue weighted by Gasteiger charge is -1.99. The Morgan fingerprint density at radius 2 is 1.18 bits per heavy atom. The molecule has 0 heterocycles. The van der Waals surface area contributed by atoms with Crippen molar-refractivity contribution >= 4 is 0 Å². The number of nitrogens with one attached hydrogen (secondary N) is 1. The topological polar surface area (TPSA) is 30.5 Å². The fraction of sp³-hybridized carbons (Fsp3) is 1.00. The van der Waals surface area contributed by atoms with E-state index in [0.29, 0.717) is 0 Å². The van der Waals surface area contributed by atoms with E-state index in [1.807, 2.05) is 27.9 Å². The summed E-state index contributed by atoms with van der Waals surface area (Å²) in [7, 11) is 3.75. The monoisotopic (exact) mass is 163 g/mol. The SMILES string of the molecule is CCOCCOCC.CNC. The summed E-state index contributed by atoms with van der Waals surface area (Å²) in [4.78, 5) is 0. The zero-order valence-corrected chi connectivity index (χ0v) is 8.14. The number of hydrogen-bond acceptors (Lipinski definition) is 3. The van der Waals surface area contributed by atoms with Crippen molar-refractivity contribution in [3.63, 3.8) is 0 Å². The van der Waals surface area contributed by atoms with Crippen molar-refractivity contribution < 1.29 is 9.47 Å². The third-order valence-corrected chi connectivity index (χ3v) is 0.780. The summed E-state index contributed by atoms with van der Waals surface area (Å²) < 4.78 is 10.0. The Morgan fingerprint density at radius 1 is 0.909 bits per heavy atom. The highest BCUT2D eigenvalue weighted by Crippen LogP contribution is 1.75. The molecule has 0 saturated carbocycles. The zero-order chi connectivity index (χ0) is 8.95. The maximum atomic E-state index is 5.01. The molecular formula is C8H21NO2.